The molecule has 0 saturated carbocycles. The van der Waals surface area contributed by atoms with Crippen molar-refractivity contribution in [3.8, 4) is 11.1 Å². The first kappa shape index (κ1) is 24.5. The number of para-hydroxylation sites is 1. The third-order valence-electron chi connectivity index (χ3n) is 8.46. The molecule has 0 aliphatic rings. The molecule has 3 heteroatoms. The molecule has 0 atom stereocenters. The third-order valence-corrected chi connectivity index (χ3v) is 11.0. The van der Waals surface area contributed by atoms with E-state index in [1.807, 2.05) is 12.1 Å². The SMILES string of the molecule is c1ccc(-c2ccc(N(c3ccc4oc5ccccc5c4c3)c3cccc4[se]c5c6ccccc6ccc5c34)cc2)cc1. The van der Waals surface area contributed by atoms with Crippen molar-refractivity contribution in [2.24, 2.45) is 0 Å². The Labute approximate surface area is 254 Å². The van der Waals surface area contributed by atoms with Gasteiger partial charge in [0, 0.05) is 0 Å². The first-order valence-corrected chi connectivity index (χ1v) is 16.2. The van der Waals surface area contributed by atoms with Gasteiger partial charge in [0.05, 0.1) is 0 Å². The van der Waals surface area contributed by atoms with Crippen LogP contribution in [0, 0.1) is 0 Å². The van der Waals surface area contributed by atoms with Crippen molar-refractivity contribution < 1.29 is 4.42 Å². The molecule has 0 unspecified atom stereocenters. The summed E-state index contributed by atoms with van der Waals surface area (Å²) in [6, 6.07) is 54.7. The molecule has 43 heavy (non-hydrogen) atoms. The van der Waals surface area contributed by atoms with E-state index in [1.165, 1.54) is 46.9 Å². The molecule has 0 radical (unpaired) electrons. The number of rotatable bonds is 4. The topological polar surface area (TPSA) is 16.4 Å². The van der Waals surface area contributed by atoms with E-state index < -0.39 is 0 Å². The summed E-state index contributed by atoms with van der Waals surface area (Å²) in [5, 5.41) is 7.63. The summed E-state index contributed by atoms with van der Waals surface area (Å²) in [5.74, 6) is 0. The normalized spacial score (nSPS) is 11.7. The number of anilines is 3. The number of hydrogen-bond acceptors (Lipinski definition) is 2. The minimum atomic E-state index is 0.231. The zero-order chi connectivity index (χ0) is 28.3. The van der Waals surface area contributed by atoms with Gasteiger partial charge in [-0.25, -0.2) is 0 Å². The summed E-state index contributed by atoms with van der Waals surface area (Å²) in [4.78, 5) is 2.43. The van der Waals surface area contributed by atoms with Crippen LogP contribution in [-0.4, -0.2) is 14.5 Å². The Balaban J connectivity index is 1.31. The molecule has 0 fully saturated rings. The molecule has 0 saturated heterocycles. The van der Waals surface area contributed by atoms with Crippen molar-refractivity contribution in [2.75, 3.05) is 4.90 Å². The van der Waals surface area contributed by atoms with Crippen LogP contribution >= 0.6 is 0 Å². The fraction of sp³-hybridized carbons (Fsp3) is 0. The summed E-state index contributed by atoms with van der Waals surface area (Å²) in [6.45, 7) is 0. The Morgan fingerprint density at radius 1 is 0.465 bits per heavy atom. The summed E-state index contributed by atoms with van der Waals surface area (Å²) in [5.41, 5.74) is 7.69. The van der Waals surface area contributed by atoms with E-state index >= 15 is 0 Å². The van der Waals surface area contributed by atoms with Crippen molar-refractivity contribution in [1.29, 1.82) is 0 Å². The van der Waals surface area contributed by atoms with Crippen molar-refractivity contribution in [1.82, 2.24) is 0 Å². The molecule has 2 heterocycles. The van der Waals surface area contributed by atoms with E-state index in [0.717, 1.165) is 33.3 Å². The van der Waals surface area contributed by atoms with Gasteiger partial charge in [0.2, 0.25) is 0 Å². The second-order valence-electron chi connectivity index (χ2n) is 10.9. The van der Waals surface area contributed by atoms with Gasteiger partial charge in [0.25, 0.3) is 0 Å². The van der Waals surface area contributed by atoms with Crippen LogP contribution in [0.1, 0.15) is 0 Å². The molecule has 0 amide bonds. The zero-order valence-corrected chi connectivity index (χ0v) is 24.9. The molecule has 2 aromatic heterocycles. The van der Waals surface area contributed by atoms with Crippen molar-refractivity contribution >= 4 is 83.6 Å². The molecule has 9 aromatic rings. The van der Waals surface area contributed by atoms with Gasteiger partial charge in [-0.15, -0.1) is 0 Å². The molecule has 202 valence electrons. The Morgan fingerprint density at radius 2 is 1.19 bits per heavy atom. The number of benzene rings is 7. The third kappa shape index (κ3) is 3.94. The molecule has 0 N–H and O–H groups in total. The first-order chi connectivity index (χ1) is 21.3. The van der Waals surface area contributed by atoms with Gasteiger partial charge < -0.3 is 0 Å². The van der Waals surface area contributed by atoms with Crippen LogP contribution in [0.2, 0.25) is 0 Å². The predicted molar refractivity (Wildman–Crippen MR) is 183 cm³/mol. The zero-order valence-electron chi connectivity index (χ0n) is 23.2. The van der Waals surface area contributed by atoms with Crippen LogP contribution < -0.4 is 4.90 Å². The minimum absolute atomic E-state index is 0.231. The summed E-state index contributed by atoms with van der Waals surface area (Å²) < 4.78 is 9.11. The van der Waals surface area contributed by atoms with Gasteiger partial charge in [0.15, 0.2) is 0 Å². The Morgan fingerprint density at radius 3 is 2.07 bits per heavy atom. The first-order valence-electron chi connectivity index (χ1n) is 14.5. The van der Waals surface area contributed by atoms with Gasteiger partial charge >= 0.3 is 256 Å². The van der Waals surface area contributed by atoms with E-state index in [0.29, 0.717) is 0 Å². The number of furan rings is 1. The Kier molecular flexibility index (Phi) is 5.55. The molecule has 0 spiro atoms. The van der Waals surface area contributed by atoms with Crippen molar-refractivity contribution in [3.63, 3.8) is 0 Å². The van der Waals surface area contributed by atoms with Crippen LogP contribution in [0.3, 0.4) is 0 Å². The maximum atomic E-state index is 6.21. The van der Waals surface area contributed by atoms with Gasteiger partial charge in [0.1, 0.15) is 0 Å². The summed E-state index contributed by atoms with van der Waals surface area (Å²) >= 11 is 0.231. The van der Waals surface area contributed by atoms with Crippen molar-refractivity contribution in [2.45, 2.75) is 0 Å². The monoisotopic (exact) mass is 615 g/mol. The molecular weight excluding hydrogens is 589 g/mol. The molecular formula is C40H25NOSe. The van der Waals surface area contributed by atoms with E-state index in [4.69, 9.17) is 4.42 Å². The van der Waals surface area contributed by atoms with E-state index in [-0.39, 0.29) is 14.5 Å². The van der Waals surface area contributed by atoms with Crippen LogP contribution in [0.5, 0.6) is 0 Å². The molecule has 0 aliphatic heterocycles. The maximum absolute atomic E-state index is 6.21. The molecule has 2 nitrogen and oxygen atoms in total. The summed E-state index contributed by atoms with van der Waals surface area (Å²) in [7, 11) is 0. The number of hydrogen-bond donors (Lipinski definition) is 0. The van der Waals surface area contributed by atoms with Crippen LogP contribution in [0.15, 0.2) is 156 Å². The van der Waals surface area contributed by atoms with Gasteiger partial charge in [-0.3, -0.25) is 0 Å². The summed E-state index contributed by atoms with van der Waals surface area (Å²) in [6.07, 6.45) is 0. The number of nitrogens with zero attached hydrogens (tertiary/aromatic N) is 1. The van der Waals surface area contributed by atoms with Crippen LogP contribution in [-0.2, 0) is 0 Å². The second kappa shape index (κ2) is 9.74. The number of fused-ring (bicyclic) bond motifs is 8. The molecule has 0 aliphatic carbocycles. The standard InChI is InChI=1S/C40H25NOSe/c1-2-9-26(10-3-1)27-17-20-29(21-18-27)41(30-22-24-37-34(25-30)32-13-6-7-15-36(32)42-37)35-14-8-16-38-39(35)33-23-19-28-11-4-5-12-31(28)40(33)43-38/h1-25H. The van der Waals surface area contributed by atoms with Crippen LogP contribution in [0.25, 0.3) is 63.1 Å². The van der Waals surface area contributed by atoms with Crippen LogP contribution in [0.4, 0.5) is 17.1 Å². The fourth-order valence-electron chi connectivity index (χ4n) is 6.44. The van der Waals surface area contributed by atoms with E-state index in [1.54, 1.807) is 0 Å². The van der Waals surface area contributed by atoms with E-state index in [2.05, 4.69) is 144 Å². The molecule has 7 aromatic carbocycles. The van der Waals surface area contributed by atoms with Gasteiger partial charge in [-0.05, 0) is 0 Å². The van der Waals surface area contributed by atoms with Gasteiger partial charge in [-0.1, -0.05) is 0 Å². The molecule has 9 rings (SSSR count). The van der Waals surface area contributed by atoms with Gasteiger partial charge in [-0.2, -0.15) is 0 Å². The Hall–Kier alpha value is -5.08. The Bertz CT molecular complexity index is 2450. The predicted octanol–water partition coefficient (Wildman–Crippen LogP) is 11.2. The average Bonchev–Trinajstić information content (AvgIpc) is 3.65. The average molecular weight is 615 g/mol. The van der Waals surface area contributed by atoms with E-state index in [9.17, 15) is 0 Å². The van der Waals surface area contributed by atoms with Crippen molar-refractivity contribution in [3.05, 3.63) is 152 Å². The second-order valence-corrected chi connectivity index (χ2v) is 13.2. The fourth-order valence-corrected chi connectivity index (χ4v) is 9.08. The quantitative estimate of drug-likeness (QED) is 0.183. The molecule has 0 bridgehead atoms.